The van der Waals surface area contributed by atoms with Gasteiger partial charge in [0, 0.05) is 18.7 Å². The fourth-order valence-corrected chi connectivity index (χ4v) is 2.50. The third kappa shape index (κ3) is 6.29. The highest BCUT2D eigenvalue weighted by Gasteiger charge is 2.13. The van der Waals surface area contributed by atoms with Crippen molar-refractivity contribution in [1.82, 2.24) is 5.32 Å². The maximum Gasteiger partial charge on any atom is 0.233 e. The first-order valence-corrected chi connectivity index (χ1v) is 8.14. The van der Waals surface area contributed by atoms with Crippen LogP contribution in [0.1, 0.15) is 37.3 Å². The van der Waals surface area contributed by atoms with Crippen LogP contribution in [0.5, 0.6) is 0 Å². The van der Waals surface area contributed by atoms with Crippen LogP contribution in [0.25, 0.3) is 0 Å². The number of hydrogen-bond donors (Lipinski definition) is 2. The van der Waals surface area contributed by atoms with Gasteiger partial charge in [0.15, 0.2) is 0 Å². The third-order valence-corrected chi connectivity index (χ3v) is 4.02. The number of hydrogen-bond acceptors (Lipinski definition) is 2. The molecule has 1 rings (SSSR count). The number of carbonyl (C=O) groups is 2. The molecule has 116 valence electrons. The van der Waals surface area contributed by atoms with E-state index in [1.165, 1.54) is 0 Å². The minimum absolute atomic E-state index is 0.0589. The fraction of sp³-hybridized carbons (Fsp3) is 0.500. The van der Waals surface area contributed by atoms with Crippen LogP contribution in [0, 0.1) is 13.8 Å². The van der Waals surface area contributed by atoms with Crippen LogP contribution in [0.3, 0.4) is 0 Å². The van der Waals surface area contributed by atoms with Crippen LogP contribution >= 0.6 is 15.9 Å². The van der Waals surface area contributed by atoms with Crippen LogP contribution in [-0.2, 0) is 9.59 Å². The van der Waals surface area contributed by atoms with Crippen molar-refractivity contribution < 1.29 is 9.59 Å². The summed E-state index contributed by atoms with van der Waals surface area (Å²) in [6.45, 7) is 6.32. The van der Waals surface area contributed by atoms with Gasteiger partial charge >= 0.3 is 0 Å². The molecule has 21 heavy (non-hydrogen) atoms. The van der Waals surface area contributed by atoms with E-state index >= 15 is 0 Å². The van der Waals surface area contributed by atoms with E-state index in [0.29, 0.717) is 6.54 Å². The molecule has 0 aliphatic rings. The second-order valence-electron chi connectivity index (χ2n) is 5.16. The van der Waals surface area contributed by atoms with Gasteiger partial charge in [0.2, 0.25) is 11.8 Å². The molecule has 1 aromatic rings. The molecule has 1 atom stereocenters. The molecule has 0 aliphatic heterocycles. The molecule has 0 radical (unpaired) electrons. The Morgan fingerprint density at radius 3 is 2.67 bits per heavy atom. The molecule has 1 aromatic carbocycles. The Morgan fingerprint density at radius 2 is 2.00 bits per heavy atom. The van der Waals surface area contributed by atoms with Crippen LogP contribution in [0.2, 0.25) is 0 Å². The van der Waals surface area contributed by atoms with Gasteiger partial charge in [-0.25, -0.2) is 0 Å². The van der Waals surface area contributed by atoms with E-state index < -0.39 is 0 Å². The second kappa shape index (κ2) is 8.82. The van der Waals surface area contributed by atoms with Gasteiger partial charge in [-0.15, -0.1) is 0 Å². The first-order valence-electron chi connectivity index (χ1n) is 7.23. The number of halogens is 1. The van der Waals surface area contributed by atoms with Gasteiger partial charge in [-0.05, 0) is 37.5 Å². The molecule has 0 saturated heterocycles. The molecule has 1 unspecified atom stereocenters. The lowest BCUT2D eigenvalue weighted by molar-refractivity contribution is -0.120. The van der Waals surface area contributed by atoms with Crippen LogP contribution < -0.4 is 10.6 Å². The van der Waals surface area contributed by atoms with E-state index in [0.717, 1.165) is 29.7 Å². The summed E-state index contributed by atoms with van der Waals surface area (Å²) in [6.07, 6.45) is 2.00. The van der Waals surface area contributed by atoms with Crippen molar-refractivity contribution in [2.24, 2.45) is 0 Å². The Kier molecular flexibility index (Phi) is 7.43. The largest absolute Gasteiger partial charge is 0.355 e. The van der Waals surface area contributed by atoms with Crippen molar-refractivity contribution in [3.63, 3.8) is 0 Å². The van der Waals surface area contributed by atoms with Gasteiger partial charge in [-0.1, -0.05) is 41.4 Å². The topological polar surface area (TPSA) is 58.2 Å². The summed E-state index contributed by atoms with van der Waals surface area (Å²) in [7, 11) is 0. The molecular weight excluding hydrogens is 332 g/mol. The second-order valence-corrected chi connectivity index (χ2v) is 6.27. The molecule has 0 aromatic heterocycles. The number of rotatable bonds is 7. The number of nitrogens with one attached hydrogen (secondary N) is 2. The molecule has 0 aliphatic carbocycles. The van der Waals surface area contributed by atoms with Crippen molar-refractivity contribution in [3.05, 3.63) is 29.3 Å². The van der Waals surface area contributed by atoms with E-state index in [4.69, 9.17) is 0 Å². The lowest BCUT2D eigenvalue weighted by Gasteiger charge is -2.11. The predicted octanol–water partition coefficient (Wildman–Crippen LogP) is 3.31. The first-order chi connectivity index (χ1) is 9.93. The molecule has 0 fully saturated rings. The highest BCUT2D eigenvalue weighted by molar-refractivity contribution is 9.10. The van der Waals surface area contributed by atoms with E-state index in [9.17, 15) is 9.59 Å². The van der Waals surface area contributed by atoms with Gasteiger partial charge in [0.25, 0.3) is 0 Å². The number of amides is 2. The summed E-state index contributed by atoms with van der Waals surface area (Å²) >= 11 is 3.33. The minimum Gasteiger partial charge on any atom is -0.355 e. The zero-order valence-corrected chi connectivity index (χ0v) is 14.4. The van der Waals surface area contributed by atoms with Crippen molar-refractivity contribution in [1.29, 1.82) is 0 Å². The van der Waals surface area contributed by atoms with Crippen LogP contribution in [-0.4, -0.2) is 23.2 Å². The Hall–Kier alpha value is -1.36. The molecule has 5 heteroatoms. The van der Waals surface area contributed by atoms with E-state index in [-0.39, 0.29) is 23.1 Å². The average molecular weight is 355 g/mol. The molecule has 4 nitrogen and oxygen atoms in total. The van der Waals surface area contributed by atoms with Crippen molar-refractivity contribution in [2.45, 2.75) is 44.9 Å². The summed E-state index contributed by atoms with van der Waals surface area (Å²) < 4.78 is 0. The number of aryl methyl sites for hydroxylation is 2. The highest BCUT2D eigenvalue weighted by Crippen LogP contribution is 2.16. The summed E-state index contributed by atoms with van der Waals surface area (Å²) in [5, 5.41) is 5.64. The molecule has 2 amide bonds. The van der Waals surface area contributed by atoms with E-state index in [2.05, 4.69) is 26.6 Å². The summed E-state index contributed by atoms with van der Waals surface area (Å²) in [4.78, 5) is 23.4. The zero-order valence-electron chi connectivity index (χ0n) is 12.8. The zero-order chi connectivity index (χ0) is 15.8. The lowest BCUT2D eigenvalue weighted by atomic mass is 10.1. The smallest absolute Gasteiger partial charge is 0.233 e. The van der Waals surface area contributed by atoms with Gasteiger partial charge < -0.3 is 10.6 Å². The van der Waals surface area contributed by atoms with Gasteiger partial charge in [-0.3, -0.25) is 9.59 Å². The SMILES string of the molecule is CCCC(Br)C(=O)NCCC(=O)Nc1cc(C)ccc1C. The van der Waals surface area contributed by atoms with Crippen molar-refractivity contribution in [2.75, 3.05) is 11.9 Å². The van der Waals surface area contributed by atoms with Gasteiger partial charge in [0.05, 0.1) is 4.83 Å². The summed E-state index contributed by atoms with van der Waals surface area (Å²) in [6, 6.07) is 5.93. The third-order valence-electron chi connectivity index (χ3n) is 3.15. The van der Waals surface area contributed by atoms with E-state index in [1.54, 1.807) is 0 Å². The number of carbonyl (C=O) groups excluding carboxylic acids is 2. The number of benzene rings is 1. The first kappa shape index (κ1) is 17.7. The number of alkyl halides is 1. The Bertz CT molecular complexity index is 503. The lowest BCUT2D eigenvalue weighted by Crippen LogP contribution is -2.33. The van der Waals surface area contributed by atoms with E-state index in [1.807, 2.05) is 39.0 Å². The highest BCUT2D eigenvalue weighted by atomic mass is 79.9. The molecule has 2 N–H and O–H groups in total. The van der Waals surface area contributed by atoms with Gasteiger partial charge in [-0.2, -0.15) is 0 Å². The average Bonchev–Trinajstić information content (AvgIpc) is 2.43. The molecule has 0 bridgehead atoms. The molecule has 0 saturated carbocycles. The maximum absolute atomic E-state index is 11.9. The van der Waals surface area contributed by atoms with Gasteiger partial charge in [0.1, 0.15) is 0 Å². The Labute approximate surface area is 134 Å². The van der Waals surface area contributed by atoms with Crippen LogP contribution in [0.15, 0.2) is 18.2 Å². The number of anilines is 1. The molecular formula is C16H23BrN2O2. The normalized spacial score (nSPS) is 11.8. The predicted molar refractivity (Wildman–Crippen MR) is 89.8 cm³/mol. The molecule has 0 heterocycles. The fourth-order valence-electron chi connectivity index (χ4n) is 1.88. The minimum atomic E-state index is -0.176. The maximum atomic E-state index is 11.9. The molecule has 0 spiro atoms. The Morgan fingerprint density at radius 1 is 1.29 bits per heavy atom. The van der Waals surface area contributed by atoms with Crippen molar-refractivity contribution in [3.8, 4) is 0 Å². The Balaban J connectivity index is 2.38. The standard InChI is InChI=1S/C16H23BrN2O2/c1-4-5-13(17)16(21)18-9-8-15(20)19-14-10-11(2)6-7-12(14)3/h6-7,10,13H,4-5,8-9H2,1-3H3,(H,18,21)(H,19,20). The quantitative estimate of drug-likeness (QED) is 0.738. The monoisotopic (exact) mass is 354 g/mol. The van der Waals surface area contributed by atoms with Crippen molar-refractivity contribution >= 4 is 33.4 Å². The summed E-state index contributed by atoms with van der Waals surface area (Å²) in [5.41, 5.74) is 2.96. The summed E-state index contributed by atoms with van der Waals surface area (Å²) in [5.74, 6) is -0.151. The van der Waals surface area contributed by atoms with Crippen LogP contribution in [0.4, 0.5) is 5.69 Å².